The van der Waals surface area contributed by atoms with Crippen LogP contribution in [0, 0.1) is 11.6 Å². The standard InChI is InChI=1S/C13H10F2N2O2/c1-19-13-3-2-11(16-17-13)7-12(18)8-4-9(14)6-10(15)5-8/h2-6H,7H2,1H3. The van der Waals surface area contributed by atoms with Crippen LogP contribution < -0.4 is 4.74 Å². The summed E-state index contributed by atoms with van der Waals surface area (Å²) < 4.78 is 30.8. The van der Waals surface area contributed by atoms with Crippen LogP contribution >= 0.6 is 0 Å². The van der Waals surface area contributed by atoms with E-state index in [0.717, 1.165) is 12.1 Å². The Balaban J connectivity index is 2.15. The fourth-order valence-corrected chi connectivity index (χ4v) is 1.53. The summed E-state index contributed by atoms with van der Waals surface area (Å²) in [5, 5.41) is 7.48. The molecule has 0 bridgehead atoms. The molecule has 1 aromatic heterocycles. The molecule has 0 unspecified atom stereocenters. The fourth-order valence-electron chi connectivity index (χ4n) is 1.53. The van der Waals surface area contributed by atoms with Gasteiger partial charge in [-0.1, -0.05) is 0 Å². The van der Waals surface area contributed by atoms with E-state index in [1.807, 2.05) is 0 Å². The van der Waals surface area contributed by atoms with Gasteiger partial charge >= 0.3 is 0 Å². The van der Waals surface area contributed by atoms with Gasteiger partial charge in [-0.3, -0.25) is 4.79 Å². The number of methoxy groups -OCH3 is 1. The number of rotatable bonds is 4. The van der Waals surface area contributed by atoms with Crippen LogP contribution in [-0.2, 0) is 6.42 Å². The number of carbonyl (C=O) groups is 1. The third kappa shape index (κ3) is 3.31. The summed E-state index contributed by atoms with van der Waals surface area (Å²) in [6, 6.07) is 5.82. The van der Waals surface area contributed by atoms with Crippen LogP contribution in [0.5, 0.6) is 5.88 Å². The zero-order chi connectivity index (χ0) is 13.8. The quantitative estimate of drug-likeness (QED) is 0.794. The number of ketones is 1. The van der Waals surface area contributed by atoms with Gasteiger partial charge in [0, 0.05) is 17.7 Å². The van der Waals surface area contributed by atoms with Crippen molar-refractivity contribution in [1.29, 1.82) is 0 Å². The van der Waals surface area contributed by atoms with Crippen LogP contribution in [-0.4, -0.2) is 23.1 Å². The number of hydrogen-bond donors (Lipinski definition) is 0. The molecule has 0 saturated carbocycles. The predicted octanol–water partition coefficient (Wildman–Crippen LogP) is 2.19. The van der Waals surface area contributed by atoms with Gasteiger partial charge in [-0.2, -0.15) is 5.10 Å². The molecule has 1 heterocycles. The molecule has 0 aliphatic carbocycles. The maximum Gasteiger partial charge on any atom is 0.233 e. The van der Waals surface area contributed by atoms with Crippen molar-refractivity contribution in [1.82, 2.24) is 10.2 Å². The first-order valence-electron chi connectivity index (χ1n) is 5.44. The first kappa shape index (κ1) is 13.1. The van der Waals surface area contributed by atoms with Crippen molar-refractivity contribution in [3.8, 4) is 5.88 Å². The van der Waals surface area contributed by atoms with E-state index in [9.17, 15) is 13.6 Å². The first-order valence-corrected chi connectivity index (χ1v) is 5.44. The van der Waals surface area contributed by atoms with E-state index < -0.39 is 17.4 Å². The van der Waals surface area contributed by atoms with Crippen LogP contribution in [0.15, 0.2) is 30.3 Å². The summed E-state index contributed by atoms with van der Waals surface area (Å²) in [5.41, 5.74) is 0.366. The zero-order valence-corrected chi connectivity index (χ0v) is 10.1. The van der Waals surface area contributed by atoms with E-state index in [1.54, 1.807) is 12.1 Å². The van der Waals surface area contributed by atoms with Crippen molar-refractivity contribution in [2.45, 2.75) is 6.42 Å². The smallest absolute Gasteiger partial charge is 0.233 e. The van der Waals surface area contributed by atoms with Crippen LogP contribution in [0.1, 0.15) is 16.1 Å². The van der Waals surface area contributed by atoms with E-state index in [2.05, 4.69) is 10.2 Å². The highest BCUT2D eigenvalue weighted by molar-refractivity contribution is 5.97. The van der Waals surface area contributed by atoms with E-state index in [1.165, 1.54) is 7.11 Å². The number of benzene rings is 1. The molecule has 0 spiro atoms. The Hall–Kier alpha value is -2.37. The van der Waals surface area contributed by atoms with Crippen molar-refractivity contribution in [2.75, 3.05) is 7.11 Å². The second-order valence-electron chi connectivity index (χ2n) is 3.83. The molecular weight excluding hydrogens is 254 g/mol. The third-order valence-corrected chi connectivity index (χ3v) is 2.43. The summed E-state index contributed by atoms with van der Waals surface area (Å²) in [6.07, 6.45) is -0.0834. The fraction of sp³-hybridized carbons (Fsp3) is 0.154. The number of hydrogen-bond acceptors (Lipinski definition) is 4. The maximum absolute atomic E-state index is 13.0. The molecule has 0 saturated heterocycles. The van der Waals surface area contributed by atoms with E-state index in [4.69, 9.17) is 4.74 Å². The second-order valence-corrected chi connectivity index (χ2v) is 3.83. The lowest BCUT2D eigenvalue weighted by Gasteiger charge is -2.02. The SMILES string of the molecule is COc1ccc(CC(=O)c2cc(F)cc(F)c2)nn1. The van der Waals surface area contributed by atoms with Gasteiger partial charge in [-0.25, -0.2) is 8.78 Å². The van der Waals surface area contributed by atoms with Crippen LogP contribution in [0.2, 0.25) is 0 Å². The Labute approximate surface area is 108 Å². The molecule has 4 nitrogen and oxygen atoms in total. The molecule has 0 amide bonds. The lowest BCUT2D eigenvalue weighted by molar-refractivity contribution is 0.0990. The molecule has 1 aromatic carbocycles. The molecule has 0 fully saturated rings. The highest BCUT2D eigenvalue weighted by Crippen LogP contribution is 2.11. The Morgan fingerprint density at radius 2 is 1.84 bits per heavy atom. The van der Waals surface area contributed by atoms with E-state index in [0.29, 0.717) is 17.6 Å². The number of aromatic nitrogens is 2. The van der Waals surface area contributed by atoms with Crippen molar-refractivity contribution in [3.05, 3.63) is 53.2 Å². The lowest BCUT2D eigenvalue weighted by atomic mass is 10.1. The molecule has 98 valence electrons. The lowest BCUT2D eigenvalue weighted by Crippen LogP contribution is -2.07. The Morgan fingerprint density at radius 1 is 1.16 bits per heavy atom. The molecule has 2 rings (SSSR count). The molecule has 2 aromatic rings. The van der Waals surface area contributed by atoms with Crippen molar-refractivity contribution in [2.24, 2.45) is 0 Å². The summed E-state index contributed by atoms with van der Waals surface area (Å²) in [6.45, 7) is 0. The Kier molecular flexibility index (Phi) is 3.79. The van der Waals surface area contributed by atoms with Crippen molar-refractivity contribution < 1.29 is 18.3 Å². The number of Topliss-reactive ketones (excluding diaryl/α,β-unsaturated/α-hetero) is 1. The largest absolute Gasteiger partial charge is 0.480 e. The molecule has 0 aliphatic rings. The van der Waals surface area contributed by atoms with Gasteiger partial charge in [0.1, 0.15) is 11.6 Å². The number of nitrogens with zero attached hydrogens (tertiary/aromatic N) is 2. The normalized spacial score (nSPS) is 10.3. The highest BCUT2D eigenvalue weighted by atomic mass is 19.1. The van der Waals surface area contributed by atoms with Crippen molar-refractivity contribution >= 4 is 5.78 Å². The average Bonchev–Trinajstić information content (AvgIpc) is 2.38. The summed E-state index contributed by atoms with van der Waals surface area (Å²) in [5.74, 6) is -1.68. The Bertz CT molecular complexity index is 580. The molecule has 6 heteroatoms. The number of halogens is 2. The molecule has 0 N–H and O–H groups in total. The molecule has 0 radical (unpaired) electrons. The van der Waals surface area contributed by atoms with Gasteiger partial charge < -0.3 is 4.74 Å². The monoisotopic (exact) mass is 264 g/mol. The van der Waals surface area contributed by atoms with Gasteiger partial charge in [0.25, 0.3) is 0 Å². The average molecular weight is 264 g/mol. The molecular formula is C13H10F2N2O2. The van der Waals surface area contributed by atoms with Gasteiger partial charge in [-0.05, 0) is 18.2 Å². The van der Waals surface area contributed by atoms with Crippen LogP contribution in [0.3, 0.4) is 0 Å². The minimum absolute atomic E-state index is 0.0323. The van der Waals surface area contributed by atoms with Gasteiger partial charge in [0.15, 0.2) is 5.78 Å². The summed E-state index contributed by atoms with van der Waals surface area (Å²) in [4.78, 5) is 11.8. The highest BCUT2D eigenvalue weighted by Gasteiger charge is 2.11. The summed E-state index contributed by atoms with van der Waals surface area (Å²) >= 11 is 0. The second kappa shape index (κ2) is 5.51. The van der Waals surface area contributed by atoms with Gasteiger partial charge in [-0.15, -0.1) is 5.10 Å². The van der Waals surface area contributed by atoms with Gasteiger partial charge in [0.2, 0.25) is 5.88 Å². The van der Waals surface area contributed by atoms with E-state index >= 15 is 0 Å². The molecule has 0 atom stereocenters. The predicted molar refractivity (Wildman–Crippen MR) is 63.0 cm³/mol. The van der Waals surface area contributed by atoms with E-state index in [-0.39, 0.29) is 12.0 Å². The third-order valence-electron chi connectivity index (χ3n) is 2.43. The molecule has 0 aliphatic heterocycles. The zero-order valence-electron chi connectivity index (χ0n) is 10.1. The number of carbonyl (C=O) groups excluding carboxylic acids is 1. The van der Waals surface area contributed by atoms with Gasteiger partial charge in [0.05, 0.1) is 19.2 Å². The summed E-state index contributed by atoms with van der Waals surface area (Å²) in [7, 11) is 1.45. The maximum atomic E-state index is 13.0. The molecule has 19 heavy (non-hydrogen) atoms. The van der Waals surface area contributed by atoms with Crippen molar-refractivity contribution in [3.63, 3.8) is 0 Å². The van der Waals surface area contributed by atoms with Crippen LogP contribution in [0.25, 0.3) is 0 Å². The van der Waals surface area contributed by atoms with Crippen LogP contribution in [0.4, 0.5) is 8.78 Å². The number of ether oxygens (including phenoxy) is 1. The minimum Gasteiger partial charge on any atom is -0.480 e. The Morgan fingerprint density at radius 3 is 2.37 bits per heavy atom. The minimum atomic E-state index is -0.788. The first-order chi connectivity index (χ1) is 9.08. The topological polar surface area (TPSA) is 52.1 Å².